The largest absolute Gasteiger partial charge is 0.383 e. The Balaban J connectivity index is 1.75. The smallest absolute Gasteiger partial charge is 0.262 e. The maximum atomic E-state index is 12.8. The molecule has 27 heavy (non-hydrogen) atoms. The van der Waals surface area contributed by atoms with Crippen molar-refractivity contribution in [1.82, 2.24) is 9.80 Å². The Hall–Kier alpha value is -2.99. The van der Waals surface area contributed by atoms with Crippen molar-refractivity contribution in [1.29, 1.82) is 0 Å². The van der Waals surface area contributed by atoms with E-state index in [1.165, 1.54) is 0 Å². The Morgan fingerprint density at radius 1 is 1.04 bits per heavy atom. The lowest BCUT2D eigenvalue weighted by Crippen LogP contribution is -2.43. The van der Waals surface area contributed by atoms with Gasteiger partial charge >= 0.3 is 0 Å². The van der Waals surface area contributed by atoms with Gasteiger partial charge in [0.1, 0.15) is 6.54 Å². The number of fused-ring (bicyclic) bond motifs is 1. The summed E-state index contributed by atoms with van der Waals surface area (Å²) in [6, 6.07) is 14.7. The molecule has 6 nitrogen and oxygen atoms in total. The number of hydrogen-bond donors (Lipinski definition) is 0. The predicted octanol–water partition coefficient (Wildman–Crippen LogP) is 2.27. The van der Waals surface area contributed by atoms with Gasteiger partial charge in [-0.25, -0.2) is 0 Å². The van der Waals surface area contributed by atoms with Gasteiger partial charge in [-0.2, -0.15) is 0 Å². The van der Waals surface area contributed by atoms with E-state index in [9.17, 15) is 14.4 Å². The number of rotatable bonds is 7. The van der Waals surface area contributed by atoms with Crippen molar-refractivity contribution in [3.05, 3.63) is 70.8 Å². The van der Waals surface area contributed by atoms with E-state index in [0.717, 1.165) is 16.0 Å². The standard InChI is InChI=1S/C21H22N2O4/c1-15-8-9-17-18(12-15)21(26)23(20(17)25)14-19(24)22(10-11-27-2)13-16-6-4-3-5-7-16/h3-9,12H,10-11,13-14H2,1-2H3. The van der Waals surface area contributed by atoms with Crippen LogP contribution in [0.5, 0.6) is 0 Å². The van der Waals surface area contributed by atoms with Gasteiger partial charge in [-0.1, -0.05) is 42.0 Å². The summed E-state index contributed by atoms with van der Waals surface area (Å²) in [5, 5.41) is 0. The van der Waals surface area contributed by atoms with Crippen LogP contribution in [-0.2, 0) is 16.1 Å². The van der Waals surface area contributed by atoms with Crippen molar-refractivity contribution in [2.24, 2.45) is 0 Å². The highest BCUT2D eigenvalue weighted by Crippen LogP contribution is 2.24. The molecule has 3 rings (SSSR count). The number of imide groups is 1. The second kappa shape index (κ2) is 8.14. The number of carbonyl (C=O) groups excluding carboxylic acids is 3. The summed E-state index contributed by atoms with van der Waals surface area (Å²) >= 11 is 0. The van der Waals surface area contributed by atoms with Crippen LogP contribution in [0.2, 0.25) is 0 Å². The third-order valence-electron chi connectivity index (χ3n) is 4.55. The number of hydrogen-bond acceptors (Lipinski definition) is 4. The van der Waals surface area contributed by atoms with E-state index >= 15 is 0 Å². The molecule has 0 fully saturated rings. The van der Waals surface area contributed by atoms with Crippen LogP contribution in [0, 0.1) is 6.92 Å². The summed E-state index contributed by atoms with van der Waals surface area (Å²) in [5.74, 6) is -1.13. The highest BCUT2D eigenvalue weighted by molar-refractivity contribution is 6.22. The van der Waals surface area contributed by atoms with Crippen molar-refractivity contribution in [2.75, 3.05) is 26.8 Å². The van der Waals surface area contributed by atoms with Crippen LogP contribution in [0.25, 0.3) is 0 Å². The third-order valence-corrected chi connectivity index (χ3v) is 4.55. The van der Waals surface area contributed by atoms with Gasteiger partial charge in [-0.15, -0.1) is 0 Å². The predicted molar refractivity (Wildman–Crippen MR) is 100 cm³/mol. The molecule has 0 radical (unpaired) electrons. The molecule has 0 saturated heterocycles. The normalized spacial score (nSPS) is 13.0. The Bertz CT molecular complexity index is 864. The molecule has 0 unspecified atom stereocenters. The van der Waals surface area contributed by atoms with Gasteiger partial charge in [-0.05, 0) is 24.6 Å². The minimum Gasteiger partial charge on any atom is -0.383 e. The fraction of sp³-hybridized carbons (Fsp3) is 0.286. The molecule has 0 N–H and O–H groups in total. The molecular formula is C21H22N2O4. The lowest BCUT2D eigenvalue weighted by Gasteiger charge is -2.24. The topological polar surface area (TPSA) is 66.9 Å². The molecule has 0 bridgehead atoms. The number of benzene rings is 2. The first-order chi connectivity index (χ1) is 13.0. The first-order valence-corrected chi connectivity index (χ1v) is 8.78. The van der Waals surface area contributed by atoms with Crippen molar-refractivity contribution >= 4 is 17.7 Å². The summed E-state index contributed by atoms with van der Waals surface area (Å²) in [6.45, 7) is 2.73. The average molecular weight is 366 g/mol. The van der Waals surface area contributed by atoms with Crippen LogP contribution >= 0.6 is 0 Å². The van der Waals surface area contributed by atoms with Gasteiger partial charge in [0.25, 0.3) is 11.8 Å². The van der Waals surface area contributed by atoms with Gasteiger partial charge < -0.3 is 9.64 Å². The second-order valence-electron chi connectivity index (χ2n) is 6.54. The van der Waals surface area contributed by atoms with Gasteiger partial charge in [0.05, 0.1) is 17.7 Å². The molecule has 1 aliphatic rings. The Morgan fingerprint density at radius 2 is 1.74 bits per heavy atom. The molecular weight excluding hydrogens is 344 g/mol. The van der Waals surface area contributed by atoms with Crippen LogP contribution in [-0.4, -0.2) is 54.3 Å². The molecule has 0 spiro atoms. The van der Waals surface area contributed by atoms with Crippen LogP contribution in [0.1, 0.15) is 31.8 Å². The fourth-order valence-corrected chi connectivity index (χ4v) is 3.08. The van der Waals surface area contributed by atoms with E-state index in [1.54, 1.807) is 30.2 Å². The fourth-order valence-electron chi connectivity index (χ4n) is 3.08. The van der Waals surface area contributed by atoms with Gasteiger partial charge in [0.2, 0.25) is 5.91 Å². The van der Waals surface area contributed by atoms with Crippen molar-refractivity contribution in [3.8, 4) is 0 Å². The van der Waals surface area contributed by atoms with Crippen LogP contribution in [0.4, 0.5) is 0 Å². The highest BCUT2D eigenvalue weighted by Gasteiger charge is 2.37. The Labute approximate surface area is 158 Å². The van der Waals surface area contributed by atoms with Crippen molar-refractivity contribution < 1.29 is 19.1 Å². The number of nitrogens with zero attached hydrogens (tertiary/aromatic N) is 2. The third kappa shape index (κ3) is 4.06. The number of amides is 3. The minimum atomic E-state index is -0.422. The highest BCUT2D eigenvalue weighted by atomic mass is 16.5. The first kappa shape index (κ1) is 18.8. The lowest BCUT2D eigenvalue weighted by molar-refractivity contribution is -0.132. The second-order valence-corrected chi connectivity index (χ2v) is 6.54. The Morgan fingerprint density at radius 3 is 2.44 bits per heavy atom. The summed E-state index contributed by atoms with van der Waals surface area (Å²) in [5.41, 5.74) is 2.58. The Kier molecular flexibility index (Phi) is 5.66. The van der Waals surface area contributed by atoms with Crippen LogP contribution in [0.3, 0.4) is 0 Å². The number of carbonyl (C=O) groups is 3. The van der Waals surface area contributed by atoms with E-state index in [0.29, 0.717) is 30.8 Å². The van der Waals surface area contributed by atoms with Crippen molar-refractivity contribution in [3.63, 3.8) is 0 Å². The molecule has 1 heterocycles. The summed E-state index contributed by atoms with van der Waals surface area (Å²) in [7, 11) is 1.57. The van der Waals surface area contributed by atoms with E-state index in [2.05, 4.69) is 0 Å². The lowest BCUT2D eigenvalue weighted by atomic mass is 10.1. The molecule has 0 atom stereocenters. The first-order valence-electron chi connectivity index (χ1n) is 8.78. The summed E-state index contributed by atoms with van der Waals surface area (Å²) in [4.78, 5) is 40.6. The zero-order chi connectivity index (χ0) is 19.4. The molecule has 140 valence electrons. The maximum absolute atomic E-state index is 12.8. The molecule has 2 aromatic carbocycles. The molecule has 1 aliphatic heterocycles. The molecule has 0 aliphatic carbocycles. The molecule has 0 aromatic heterocycles. The van der Waals surface area contributed by atoms with E-state index in [-0.39, 0.29) is 12.5 Å². The van der Waals surface area contributed by atoms with E-state index < -0.39 is 11.8 Å². The molecule has 0 saturated carbocycles. The zero-order valence-electron chi connectivity index (χ0n) is 15.5. The summed E-state index contributed by atoms with van der Waals surface area (Å²) in [6.07, 6.45) is 0. The quantitative estimate of drug-likeness (QED) is 0.705. The molecule has 3 amide bonds. The van der Waals surface area contributed by atoms with Crippen LogP contribution < -0.4 is 0 Å². The summed E-state index contributed by atoms with van der Waals surface area (Å²) < 4.78 is 5.09. The zero-order valence-corrected chi connectivity index (χ0v) is 15.5. The van der Waals surface area contributed by atoms with Gasteiger partial charge in [-0.3, -0.25) is 19.3 Å². The SMILES string of the molecule is COCCN(Cc1ccccc1)C(=O)CN1C(=O)c2ccc(C)cc2C1=O. The van der Waals surface area contributed by atoms with E-state index in [1.807, 2.05) is 37.3 Å². The maximum Gasteiger partial charge on any atom is 0.262 e. The number of aryl methyl sites for hydroxylation is 1. The minimum absolute atomic E-state index is 0.276. The van der Waals surface area contributed by atoms with E-state index in [4.69, 9.17) is 4.74 Å². The number of methoxy groups -OCH3 is 1. The van der Waals surface area contributed by atoms with Gasteiger partial charge in [0.15, 0.2) is 0 Å². The van der Waals surface area contributed by atoms with Gasteiger partial charge in [0, 0.05) is 20.2 Å². The molecule has 2 aromatic rings. The van der Waals surface area contributed by atoms with Crippen LogP contribution in [0.15, 0.2) is 48.5 Å². The number of ether oxygens (including phenoxy) is 1. The monoisotopic (exact) mass is 366 g/mol. The average Bonchev–Trinajstić information content (AvgIpc) is 2.90. The molecule has 6 heteroatoms. The van der Waals surface area contributed by atoms with Crippen molar-refractivity contribution in [2.45, 2.75) is 13.5 Å².